The zero-order chi connectivity index (χ0) is 26.9. The molecular formula is C32H54N2O3. The molecule has 1 aliphatic carbocycles. The van der Waals surface area contributed by atoms with Gasteiger partial charge in [-0.25, -0.2) is 0 Å². The largest absolute Gasteiger partial charge is 0.481 e. The molecule has 0 spiro atoms. The molecule has 0 amide bonds. The highest BCUT2D eigenvalue weighted by Gasteiger charge is 2.39. The maximum Gasteiger partial charge on any atom is 0.309 e. The van der Waals surface area contributed by atoms with Crippen molar-refractivity contribution in [2.75, 3.05) is 20.1 Å². The maximum atomic E-state index is 12.3. The molecule has 0 radical (unpaired) electrons. The highest BCUT2D eigenvalue weighted by Crippen LogP contribution is 2.38. The van der Waals surface area contributed by atoms with Gasteiger partial charge >= 0.3 is 5.97 Å². The Kier molecular flexibility index (Phi) is 15.8. The minimum Gasteiger partial charge on any atom is -0.481 e. The van der Waals surface area contributed by atoms with Crippen molar-refractivity contribution >= 4 is 5.97 Å². The fraction of sp³-hybridized carbons (Fsp3) is 0.719. The van der Waals surface area contributed by atoms with Gasteiger partial charge in [0.05, 0.1) is 12.0 Å². The molecule has 5 nitrogen and oxygen atoms in total. The van der Waals surface area contributed by atoms with Gasteiger partial charge in [-0.2, -0.15) is 0 Å². The molecular weight excluding hydrogens is 460 g/mol. The molecule has 0 heterocycles. The van der Waals surface area contributed by atoms with Gasteiger partial charge in [0, 0.05) is 0 Å². The van der Waals surface area contributed by atoms with Crippen molar-refractivity contribution in [3.05, 3.63) is 48.0 Å². The lowest BCUT2D eigenvalue weighted by molar-refractivity contribution is -0.150. The fourth-order valence-corrected chi connectivity index (χ4v) is 6.65. The molecule has 2 rings (SSSR count). The predicted molar refractivity (Wildman–Crippen MR) is 154 cm³/mol. The molecule has 1 aromatic rings. The number of hydrogen-bond donors (Lipinski definition) is 4. The number of aliphatic hydroxyl groups is 1. The molecule has 1 saturated carbocycles. The molecule has 1 aromatic carbocycles. The van der Waals surface area contributed by atoms with Crippen molar-refractivity contribution in [2.24, 2.45) is 35.3 Å². The Bertz CT molecular complexity index is 746. The number of aryl methyl sites for hydroxylation is 1. The number of carbonyl (C=O) groups is 1. The first-order valence-electron chi connectivity index (χ1n) is 14.9. The van der Waals surface area contributed by atoms with E-state index in [1.807, 2.05) is 25.2 Å². The van der Waals surface area contributed by atoms with E-state index >= 15 is 0 Å². The molecule has 0 aromatic heterocycles. The zero-order valence-electron chi connectivity index (χ0n) is 23.5. The van der Waals surface area contributed by atoms with Crippen LogP contribution in [0.15, 0.2) is 42.5 Å². The number of carboxylic acid groups (broad SMARTS) is 1. The molecule has 5 N–H and O–H groups in total. The van der Waals surface area contributed by atoms with Gasteiger partial charge in [0.25, 0.3) is 0 Å². The van der Waals surface area contributed by atoms with Crippen molar-refractivity contribution in [2.45, 2.75) is 96.5 Å². The molecule has 5 heteroatoms. The third-order valence-electron chi connectivity index (χ3n) is 8.58. The summed E-state index contributed by atoms with van der Waals surface area (Å²) < 4.78 is 0. The Balaban J connectivity index is 2.03. The van der Waals surface area contributed by atoms with Crippen LogP contribution in [-0.2, 0) is 11.2 Å². The van der Waals surface area contributed by atoms with Crippen LogP contribution in [0.25, 0.3) is 0 Å². The van der Waals surface area contributed by atoms with E-state index in [4.69, 9.17) is 5.73 Å². The quantitative estimate of drug-likeness (QED) is 0.130. The molecule has 1 fully saturated rings. The van der Waals surface area contributed by atoms with Crippen LogP contribution in [0.5, 0.6) is 0 Å². The summed E-state index contributed by atoms with van der Waals surface area (Å²) in [4.78, 5) is 12.3. The Labute approximate surface area is 226 Å². The zero-order valence-corrected chi connectivity index (χ0v) is 23.5. The van der Waals surface area contributed by atoms with Crippen LogP contribution in [0, 0.1) is 29.6 Å². The number of aliphatic hydroxyl groups excluding tert-OH is 1. The van der Waals surface area contributed by atoms with E-state index in [-0.39, 0.29) is 11.8 Å². The number of benzene rings is 1. The number of nitrogens with one attached hydrogen (secondary N) is 1. The fourth-order valence-electron chi connectivity index (χ4n) is 6.65. The van der Waals surface area contributed by atoms with Gasteiger partial charge in [0.1, 0.15) is 0 Å². The predicted octanol–water partition coefficient (Wildman–Crippen LogP) is 6.20. The Morgan fingerprint density at radius 1 is 1.05 bits per heavy atom. The third-order valence-corrected chi connectivity index (χ3v) is 8.58. The average Bonchev–Trinajstić information content (AvgIpc) is 2.89. The normalized spacial score (nSPS) is 18.9. The summed E-state index contributed by atoms with van der Waals surface area (Å²) >= 11 is 0. The van der Waals surface area contributed by atoms with Crippen molar-refractivity contribution in [1.29, 1.82) is 0 Å². The lowest BCUT2D eigenvalue weighted by Gasteiger charge is -2.38. The lowest BCUT2D eigenvalue weighted by Crippen LogP contribution is -2.42. The third kappa shape index (κ3) is 11.7. The van der Waals surface area contributed by atoms with Gasteiger partial charge in [0.15, 0.2) is 0 Å². The van der Waals surface area contributed by atoms with Crippen LogP contribution in [0.2, 0.25) is 0 Å². The summed E-state index contributed by atoms with van der Waals surface area (Å²) in [6, 6.07) is 10.2. The topological polar surface area (TPSA) is 95.6 Å². The van der Waals surface area contributed by atoms with E-state index in [9.17, 15) is 15.0 Å². The van der Waals surface area contributed by atoms with E-state index in [1.165, 1.54) is 50.5 Å². The number of nitrogens with two attached hydrogens (primary N) is 1. The average molecular weight is 515 g/mol. The summed E-state index contributed by atoms with van der Waals surface area (Å²) in [7, 11) is 1.97. The van der Waals surface area contributed by atoms with Crippen LogP contribution in [-0.4, -0.2) is 42.4 Å². The number of allylic oxidation sites excluding steroid dienone is 2. The number of aliphatic carboxylic acids is 1. The van der Waals surface area contributed by atoms with Crippen LogP contribution < -0.4 is 11.1 Å². The van der Waals surface area contributed by atoms with Crippen LogP contribution in [0.3, 0.4) is 0 Å². The number of unbranched alkanes of at least 4 members (excludes halogenated alkanes) is 1. The molecule has 0 aliphatic heterocycles. The van der Waals surface area contributed by atoms with Gasteiger partial charge in [-0.05, 0) is 108 Å². The second-order valence-corrected chi connectivity index (χ2v) is 11.3. The number of hydrogen-bond acceptors (Lipinski definition) is 4. The van der Waals surface area contributed by atoms with E-state index < -0.39 is 18.0 Å². The van der Waals surface area contributed by atoms with E-state index in [2.05, 4.69) is 29.6 Å². The van der Waals surface area contributed by atoms with Gasteiger partial charge in [0.2, 0.25) is 0 Å². The minimum absolute atomic E-state index is 0.134. The Morgan fingerprint density at radius 2 is 1.76 bits per heavy atom. The molecule has 1 unspecified atom stereocenters. The number of carboxylic acids is 1. The Hall–Kier alpha value is -1.69. The van der Waals surface area contributed by atoms with Crippen molar-refractivity contribution < 1.29 is 15.0 Å². The summed E-state index contributed by atoms with van der Waals surface area (Å²) in [5, 5.41) is 24.0. The molecule has 0 saturated heterocycles. The molecule has 0 bridgehead atoms. The first kappa shape index (κ1) is 31.5. The minimum atomic E-state index is -0.904. The summed E-state index contributed by atoms with van der Waals surface area (Å²) in [6.45, 7) is 2.99. The SMILES string of the molecule is CNC[C@H](CCCC=CCCC1CCCCC1)C(CCN)[C@H](CCc1ccccc1)[C@H](C(=O)O)[C@H](C)O. The second kappa shape index (κ2) is 18.5. The highest BCUT2D eigenvalue weighted by atomic mass is 16.4. The van der Waals surface area contributed by atoms with Crippen LogP contribution in [0.1, 0.15) is 89.5 Å². The highest BCUT2D eigenvalue weighted by molar-refractivity contribution is 5.71. The number of rotatable bonds is 19. The van der Waals surface area contributed by atoms with Gasteiger partial charge < -0.3 is 21.3 Å². The molecule has 37 heavy (non-hydrogen) atoms. The monoisotopic (exact) mass is 514 g/mol. The molecule has 5 atom stereocenters. The van der Waals surface area contributed by atoms with Gasteiger partial charge in [-0.3, -0.25) is 4.79 Å². The van der Waals surface area contributed by atoms with Gasteiger partial charge in [-0.1, -0.05) is 74.6 Å². The van der Waals surface area contributed by atoms with Crippen molar-refractivity contribution in [3.8, 4) is 0 Å². The first-order chi connectivity index (χ1) is 18.0. The van der Waals surface area contributed by atoms with Crippen molar-refractivity contribution in [3.63, 3.8) is 0 Å². The molecule has 1 aliphatic rings. The Morgan fingerprint density at radius 3 is 2.38 bits per heavy atom. The smallest absolute Gasteiger partial charge is 0.309 e. The summed E-state index contributed by atoms with van der Waals surface area (Å²) in [6.07, 6.45) is 18.9. The van der Waals surface area contributed by atoms with Crippen LogP contribution >= 0.6 is 0 Å². The molecule has 210 valence electrons. The van der Waals surface area contributed by atoms with Crippen LogP contribution in [0.4, 0.5) is 0 Å². The van der Waals surface area contributed by atoms with E-state index in [0.29, 0.717) is 12.5 Å². The van der Waals surface area contributed by atoms with Crippen molar-refractivity contribution in [1.82, 2.24) is 5.32 Å². The summed E-state index contributed by atoms with van der Waals surface area (Å²) in [5.41, 5.74) is 7.30. The van der Waals surface area contributed by atoms with E-state index in [1.54, 1.807) is 6.92 Å². The maximum absolute atomic E-state index is 12.3. The lowest BCUT2D eigenvalue weighted by atomic mass is 9.68. The second-order valence-electron chi connectivity index (χ2n) is 11.3. The standard InChI is InChI=1S/C32H54N2O3/c1-25(35)31(32(36)37)30(21-20-27-17-11-7-12-18-27)29(22-23-33)28(24-34-2)19-13-5-3-4-8-14-26-15-9-6-10-16-26/h3-4,7,11-12,17-18,25-26,28-31,34-35H,5-6,8-10,13-16,19-24,33H2,1-2H3,(H,36,37)/t25-,28-,29?,30-,31+/m0/s1. The summed E-state index contributed by atoms with van der Waals surface area (Å²) in [5.74, 6) is -0.429. The first-order valence-corrected chi connectivity index (χ1v) is 14.9. The van der Waals surface area contributed by atoms with Gasteiger partial charge in [-0.15, -0.1) is 0 Å². The van der Waals surface area contributed by atoms with E-state index in [0.717, 1.165) is 51.0 Å².